The molecule has 51 heavy (non-hydrogen) atoms. The Kier molecular flexibility index (Phi) is 11.7. The van der Waals surface area contributed by atoms with Gasteiger partial charge in [-0.15, -0.1) is 0 Å². The number of aliphatic hydroxyl groups excluding tert-OH is 1. The number of nitrogens with one attached hydrogen (secondary N) is 2. The van der Waals surface area contributed by atoms with Gasteiger partial charge in [0.1, 0.15) is 17.8 Å². The SMILES string of the molecule is CN=C1Cc2cc(S(=O)(=O)N(CC(C)C)C[C@@H](O)[C@H](Cc3ccccc3)NC(=O)OC3CO[C@H]4OC[C@H](OCc5ccccc5F)[C@@H]34)ccc2N1. The van der Waals surface area contributed by atoms with Crippen LogP contribution < -0.4 is 10.6 Å². The van der Waals surface area contributed by atoms with Crippen molar-refractivity contribution in [3.63, 3.8) is 0 Å². The average molecular weight is 725 g/mol. The molecule has 3 aromatic rings. The van der Waals surface area contributed by atoms with Crippen LogP contribution in [0.3, 0.4) is 0 Å². The van der Waals surface area contributed by atoms with Crippen LogP contribution in [0, 0.1) is 17.7 Å². The minimum Gasteiger partial charge on any atom is -0.443 e. The Hall–Kier alpha value is -3.92. The third-order valence-electron chi connectivity index (χ3n) is 9.34. The van der Waals surface area contributed by atoms with Gasteiger partial charge in [-0.2, -0.15) is 4.31 Å². The van der Waals surface area contributed by atoms with Crippen LogP contribution in [-0.4, -0.2) is 93.8 Å². The normalized spacial score (nSPS) is 23.2. The molecule has 3 aliphatic rings. The summed E-state index contributed by atoms with van der Waals surface area (Å²) in [5.74, 6) is -0.129. The summed E-state index contributed by atoms with van der Waals surface area (Å²) in [6, 6.07) is 19.6. The lowest BCUT2D eigenvalue weighted by Crippen LogP contribution is -2.52. The van der Waals surface area contributed by atoms with Crippen molar-refractivity contribution in [1.82, 2.24) is 9.62 Å². The van der Waals surface area contributed by atoms with Crippen LogP contribution in [0.5, 0.6) is 0 Å². The zero-order valence-electron chi connectivity index (χ0n) is 28.9. The van der Waals surface area contributed by atoms with E-state index in [1.54, 1.807) is 43.4 Å². The van der Waals surface area contributed by atoms with Crippen LogP contribution in [0.25, 0.3) is 0 Å². The summed E-state index contributed by atoms with van der Waals surface area (Å²) in [5.41, 5.74) is 2.85. The first-order valence-electron chi connectivity index (χ1n) is 17.1. The quantitative estimate of drug-likeness (QED) is 0.223. The number of halogens is 1. The monoisotopic (exact) mass is 724 g/mol. The Balaban J connectivity index is 1.16. The van der Waals surface area contributed by atoms with Crippen molar-refractivity contribution in [3.05, 3.63) is 95.3 Å². The van der Waals surface area contributed by atoms with Crippen molar-refractivity contribution in [2.75, 3.05) is 38.7 Å². The number of aliphatic hydroxyl groups is 1. The highest BCUT2D eigenvalue weighted by Gasteiger charge is 2.51. The van der Waals surface area contributed by atoms with Crippen molar-refractivity contribution in [3.8, 4) is 0 Å². The van der Waals surface area contributed by atoms with E-state index in [9.17, 15) is 22.7 Å². The molecule has 2 fully saturated rings. The Morgan fingerprint density at radius 2 is 1.78 bits per heavy atom. The zero-order chi connectivity index (χ0) is 36.1. The number of ether oxygens (including phenoxy) is 4. The molecule has 1 amide bonds. The number of nitrogens with zero attached hydrogens (tertiary/aromatic N) is 2. The Morgan fingerprint density at radius 1 is 1.06 bits per heavy atom. The molecule has 3 aromatic carbocycles. The molecule has 0 saturated carbocycles. The molecule has 6 atom stereocenters. The predicted octanol–water partition coefficient (Wildman–Crippen LogP) is 4.12. The molecule has 3 aliphatic heterocycles. The lowest BCUT2D eigenvalue weighted by atomic mass is 10.00. The van der Waals surface area contributed by atoms with E-state index in [-0.39, 0.29) is 56.0 Å². The molecule has 274 valence electrons. The Labute approximate surface area is 298 Å². The lowest BCUT2D eigenvalue weighted by Gasteiger charge is -2.31. The number of amides is 1. The summed E-state index contributed by atoms with van der Waals surface area (Å²) in [4.78, 5) is 17.8. The predicted molar refractivity (Wildman–Crippen MR) is 188 cm³/mol. The number of hydrogen-bond donors (Lipinski definition) is 3. The standard InChI is InChI=1S/C37H45FN4O8S/c1-23(2)18-42(51(45,46)27-13-14-29-26(16-27)17-34(39-3)40-29)19-31(43)30(15-24-9-5-4-6-10-24)41-37(44)50-33-22-49-36-35(33)32(21-48-36)47-20-25-11-7-8-12-28(25)38/h4-14,16,23,30-33,35-36,43H,15,17-22H2,1-3H3,(H,39,40)(H,41,44)/t30-,31+,32-,33?,35-,36+/m0/s1. The maximum absolute atomic E-state index is 14.2. The van der Waals surface area contributed by atoms with Crippen molar-refractivity contribution in [2.45, 2.75) is 68.8 Å². The third kappa shape index (κ3) is 8.76. The summed E-state index contributed by atoms with van der Waals surface area (Å²) in [6.45, 7) is 3.95. The largest absolute Gasteiger partial charge is 0.443 e. The number of aliphatic imine (C=N–C) groups is 1. The van der Waals surface area contributed by atoms with Gasteiger partial charge >= 0.3 is 6.09 Å². The van der Waals surface area contributed by atoms with Crippen LogP contribution >= 0.6 is 0 Å². The van der Waals surface area contributed by atoms with E-state index in [1.165, 1.54) is 10.4 Å². The second-order valence-corrected chi connectivity index (χ2v) is 15.4. The highest BCUT2D eigenvalue weighted by atomic mass is 32.2. The van der Waals surface area contributed by atoms with Crippen LogP contribution in [-0.2, 0) is 48.4 Å². The van der Waals surface area contributed by atoms with Crippen molar-refractivity contribution >= 4 is 27.6 Å². The Morgan fingerprint density at radius 3 is 2.51 bits per heavy atom. The highest BCUT2D eigenvalue weighted by Crippen LogP contribution is 2.36. The molecule has 1 unspecified atom stereocenters. The van der Waals surface area contributed by atoms with Gasteiger partial charge < -0.3 is 34.7 Å². The van der Waals surface area contributed by atoms with Gasteiger partial charge in [0, 0.05) is 37.8 Å². The minimum absolute atomic E-state index is 0.0142. The molecule has 3 heterocycles. The molecule has 0 radical (unpaired) electrons. The highest BCUT2D eigenvalue weighted by molar-refractivity contribution is 7.89. The van der Waals surface area contributed by atoms with Crippen molar-refractivity contribution in [1.29, 1.82) is 0 Å². The van der Waals surface area contributed by atoms with Gasteiger partial charge in [-0.25, -0.2) is 17.6 Å². The molecule has 0 aliphatic carbocycles. The molecule has 0 spiro atoms. The van der Waals surface area contributed by atoms with Crippen LogP contribution in [0.4, 0.5) is 14.9 Å². The van der Waals surface area contributed by atoms with E-state index in [1.807, 2.05) is 44.2 Å². The smallest absolute Gasteiger partial charge is 0.407 e. The van der Waals surface area contributed by atoms with Gasteiger partial charge in [0.25, 0.3) is 0 Å². The van der Waals surface area contributed by atoms with E-state index in [4.69, 9.17) is 18.9 Å². The molecular formula is C37H45FN4O8S. The molecule has 12 nitrogen and oxygen atoms in total. The fraction of sp³-hybridized carbons (Fsp3) is 0.459. The maximum Gasteiger partial charge on any atom is 0.407 e. The third-order valence-corrected chi connectivity index (χ3v) is 11.2. The number of hydrogen-bond acceptors (Lipinski definition) is 9. The number of sulfonamides is 1. The van der Waals surface area contributed by atoms with E-state index in [0.717, 1.165) is 22.6 Å². The molecule has 0 bridgehead atoms. The number of anilines is 1. The number of rotatable bonds is 14. The first-order valence-corrected chi connectivity index (χ1v) is 18.6. The van der Waals surface area contributed by atoms with Crippen LogP contribution in [0.15, 0.2) is 82.7 Å². The van der Waals surface area contributed by atoms with E-state index < -0.39 is 52.7 Å². The fourth-order valence-corrected chi connectivity index (χ4v) is 8.37. The summed E-state index contributed by atoms with van der Waals surface area (Å²) in [7, 11) is -2.36. The van der Waals surface area contributed by atoms with Crippen molar-refractivity contribution < 1.29 is 41.7 Å². The average Bonchev–Trinajstić information content (AvgIpc) is 3.83. The molecule has 14 heteroatoms. The number of fused-ring (bicyclic) bond motifs is 2. The molecule has 0 aromatic heterocycles. The summed E-state index contributed by atoms with van der Waals surface area (Å²) in [5, 5.41) is 17.7. The maximum atomic E-state index is 14.2. The molecular weight excluding hydrogens is 679 g/mol. The van der Waals surface area contributed by atoms with E-state index >= 15 is 0 Å². The second kappa shape index (κ2) is 16.2. The zero-order valence-corrected chi connectivity index (χ0v) is 29.7. The topological polar surface area (TPSA) is 148 Å². The van der Waals surface area contributed by atoms with E-state index in [0.29, 0.717) is 12.0 Å². The van der Waals surface area contributed by atoms with Gasteiger partial charge in [0.2, 0.25) is 10.0 Å². The molecule has 3 N–H and O–H groups in total. The number of carbonyl (C=O) groups excluding carboxylic acids is 1. The number of alkyl carbamates (subject to hydrolysis) is 1. The molecule has 2 saturated heterocycles. The van der Waals surface area contributed by atoms with E-state index in [2.05, 4.69) is 15.6 Å². The molecule has 6 rings (SSSR count). The Bertz CT molecular complexity index is 1810. The van der Waals surface area contributed by atoms with Gasteiger partial charge in [0.05, 0.1) is 48.9 Å². The lowest BCUT2D eigenvalue weighted by molar-refractivity contribution is -0.0916. The van der Waals surface area contributed by atoms with Gasteiger partial charge in [-0.05, 0) is 47.7 Å². The first-order chi connectivity index (χ1) is 24.5. The number of amidine groups is 1. The number of benzene rings is 3. The summed E-state index contributed by atoms with van der Waals surface area (Å²) >= 11 is 0. The fourth-order valence-electron chi connectivity index (χ4n) is 6.70. The van der Waals surface area contributed by atoms with Gasteiger partial charge in [0.15, 0.2) is 6.29 Å². The van der Waals surface area contributed by atoms with Crippen LogP contribution in [0.2, 0.25) is 0 Å². The summed E-state index contributed by atoms with van der Waals surface area (Å²) in [6.07, 6.45) is -3.30. The first kappa shape index (κ1) is 36.9. The summed E-state index contributed by atoms with van der Waals surface area (Å²) < 4.78 is 67.0. The van der Waals surface area contributed by atoms with Crippen LogP contribution in [0.1, 0.15) is 30.5 Å². The van der Waals surface area contributed by atoms with Gasteiger partial charge in [-0.1, -0.05) is 62.4 Å². The van der Waals surface area contributed by atoms with Crippen molar-refractivity contribution in [2.24, 2.45) is 16.8 Å². The minimum atomic E-state index is -4.04. The number of carbonyl (C=O) groups is 1. The second-order valence-electron chi connectivity index (χ2n) is 13.5. The van der Waals surface area contributed by atoms with Gasteiger partial charge in [-0.3, -0.25) is 4.99 Å².